The Labute approximate surface area is 130 Å². The summed E-state index contributed by atoms with van der Waals surface area (Å²) in [6.07, 6.45) is 2.62. The highest BCUT2D eigenvalue weighted by Gasteiger charge is 2.15. The molecule has 20 heavy (non-hydrogen) atoms. The van der Waals surface area contributed by atoms with Gasteiger partial charge >= 0.3 is 0 Å². The summed E-state index contributed by atoms with van der Waals surface area (Å²) in [6, 6.07) is 4.26. The van der Waals surface area contributed by atoms with Crippen molar-refractivity contribution in [1.82, 2.24) is 5.32 Å². The SMILES string of the molecule is CC(CS(C)=O)NCc1cc(Br)c2c(c1)OCCCO2. The number of hydrogen-bond acceptors (Lipinski definition) is 4. The van der Waals surface area contributed by atoms with E-state index in [0.717, 1.165) is 28.0 Å². The number of hydrogen-bond donors (Lipinski definition) is 1. The summed E-state index contributed by atoms with van der Waals surface area (Å²) >= 11 is 3.53. The maximum absolute atomic E-state index is 11.2. The molecule has 1 aliphatic heterocycles. The van der Waals surface area contributed by atoms with Crippen LogP contribution in [0.25, 0.3) is 0 Å². The first-order chi connectivity index (χ1) is 9.56. The molecule has 1 N–H and O–H groups in total. The summed E-state index contributed by atoms with van der Waals surface area (Å²) in [5.41, 5.74) is 1.12. The van der Waals surface area contributed by atoms with E-state index in [1.807, 2.05) is 19.1 Å². The lowest BCUT2D eigenvalue weighted by Gasteiger charge is -2.15. The number of rotatable bonds is 5. The van der Waals surface area contributed by atoms with Crippen LogP contribution in [0.5, 0.6) is 11.5 Å². The van der Waals surface area contributed by atoms with E-state index in [0.29, 0.717) is 25.5 Å². The largest absolute Gasteiger partial charge is 0.490 e. The number of fused-ring (bicyclic) bond motifs is 1. The van der Waals surface area contributed by atoms with E-state index in [-0.39, 0.29) is 6.04 Å². The van der Waals surface area contributed by atoms with Crippen molar-refractivity contribution in [3.05, 3.63) is 22.2 Å². The van der Waals surface area contributed by atoms with E-state index >= 15 is 0 Å². The lowest BCUT2D eigenvalue weighted by atomic mass is 10.2. The summed E-state index contributed by atoms with van der Waals surface area (Å²) < 4.78 is 23.5. The first-order valence-electron chi connectivity index (χ1n) is 6.67. The number of ether oxygens (including phenoxy) is 2. The van der Waals surface area contributed by atoms with Gasteiger partial charge in [-0.05, 0) is 40.5 Å². The topological polar surface area (TPSA) is 47.6 Å². The Morgan fingerprint density at radius 2 is 2.15 bits per heavy atom. The molecule has 2 atom stereocenters. The van der Waals surface area contributed by atoms with E-state index < -0.39 is 10.8 Å². The molecule has 2 unspecified atom stereocenters. The van der Waals surface area contributed by atoms with E-state index in [1.54, 1.807) is 6.26 Å². The molecule has 1 aromatic carbocycles. The van der Waals surface area contributed by atoms with Gasteiger partial charge in [0.1, 0.15) is 0 Å². The van der Waals surface area contributed by atoms with Gasteiger partial charge in [0.2, 0.25) is 0 Å². The van der Waals surface area contributed by atoms with Crippen molar-refractivity contribution in [1.29, 1.82) is 0 Å². The van der Waals surface area contributed by atoms with Crippen molar-refractivity contribution in [2.45, 2.75) is 25.9 Å². The predicted molar refractivity (Wildman–Crippen MR) is 85.0 cm³/mol. The molecule has 0 spiro atoms. The van der Waals surface area contributed by atoms with Gasteiger partial charge in [0.05, 0.1) is 17.7 Å². The van der Waals surface area contributed by atoms with Gasteiger partial charge in [-0.25, -0.2) is 0 Å². The molecule has 0 aliphatic carbocycles. The molecule has 0 saturated carbocycles. The average molecular weight is 362 g/mol. The van der Waals surface area contributed by atoms with Crippen molar-refractivity contribution < 1.29 is 13.7 Å². The number of halogens is 1. The Balaban J connectivity index is 2.04. The molecule has 6 heteroatoms. The standard InChI is InChI=1S/C14H20BrNO3S/c1-10(9-20(2)17)16-8-11-6-12(15)14-13(7-11)18-4-3-5-19-14/h6-7,10,16H,3-5,8-9H2,1-2H3. The normalized spacial score (nSPS) is 17.4. The van der Waals surface area contributed by atoms with Crippen LogP contribution in [0, 0.1) is 0 Å². The van der Waals surface area contributed by atoms with Gasteiger partial charge in [-0.15, -0.1) is 0 Å². The molecular weight excluding hydrogens is 342 g/mol. The first-order valence-corrected chi connectivity index (χ1v) is 9.19. The second kappa shape index (κ2) is 7.43. The van der Waals surface area contributed by atoms with Gasteiger partial charge in [-0.1, -0.05) is 0 Å². The fourth-order valence-electron chi connectivity index (χ4n) is 2.09. The van der Waals surface area contributed by atoms with Gasteiger partial charge in [-0.3, -0.25) is 4.21 Å². The Hall–Kier alpha value is -0.590. The van der Waals surface area contributed by atoms with Crippen LogP contribution in [0.2, 0.25) is 0 Å². The predicted octanol–water partition coefficient (Wildman–Crippen LogP) is 2.47. The lowest BCUT2D eigenvalue weighted by molar-refractivity contribution is 0.296. The van der Waals surface area contributed by atoms with Crippen LogP contribution in [0.15, 0.2) is 16.6 Å². The number of benzene rings is 1. The number of nitrogens with one attached hydrogen (secondary N) is 1. The third-order valence-electron chi connectivity index (χ3n) is 3.00. The molecule has 4 nitrogen and oxygen atoms in total. The summed E-state index contributed by atoms with van der Waals surface area (Å²) in [6.45, 7) is 4.12. The maximum Gasteiger partial charge on any atom is 0.175 e. The van der Waals surface area contributed by atoms with E-state index in [1.165, 1.54) is 0 Å². The summed E-state index contributed by atoms with van der Waals surface area (Å²) in [7, 11) is -0.779. The van der Waals surface area contributed by atoms with Crippen LogP contribution >= 0.6 is 15.9 Å². The van der Waals surface area contributed by atoms with Crippen LogP contribution in [0.1, 0.15) is 18.9 Å². The molecule has 0 radical (unpaired) electrons. The molecule has 1 aromatic rings. The van der Waals surface area contributed by atoms with Crippen LogP contribution < -0.4 is 14.8 Å². The highest BCUT2D eigenvalue weighted by Crippen LogP contribution is 2.38. The molecule has 0 bridgehead atoms. The van der Waals surface area contributed by atoms with Crippen LogP contribution in [0.3, 0.4) is 0 Å². The van der Waals surface area contributed by atoms with E-state index in [4.69, 9.17) is 9.47 Å². The molecule has 0 aromatic heterocycles. The minimum atomic E-state index is -0.779. The van der Waals surface area contributed by atoms with E-state index in [2.05, 4.69) is 21.2 Å². The summed E-state index contributed by atoms with van der Waals surface area (Å²) in [4.78, 5) is 0. The third-order valence-corrected chi connectivity index (χ3v) is 4.56. The molecule has 0 fully saturated rings. The van der Waals surface area contributed by atoms with Crippen LogP contribution in [-0.4, -0.2) is 35.5 Å². The molecule has 112 valence electrons. The van der Waals surface area contributed by atoms with Crippen molar-refractivity contribution >= 4 is 26.7 Å². The molecule has 1 heterocycles. The molecule has 0 amide bonds. The van der Waals surface area contributed by atoms with Gasteiger partial charge in [0.25, 0.3) is 0 Å². The fraction of sp³-hybridized carbons (Fsp3) is 0.571. The Kier molecular flexibility index (Phi) is 5.86. The van der Waals surface area contributed by atoms with Gasteiger partial charge in [0.15, 0.2) is 11.5 Å². The van der Waals surface area contributed by atoms with Crippen molar-refractivity contribution in [3.63, 3.8) is 0 Å². The average Bonchev–Trinajstić information content (AvgIpc) is 2.61. The van der Waals surface area contributed by atoms with Gasteiger partial charge in [0, 0.05) is 41.8 Å². The minimum absolute atomic E-state index is 0.218. The monoisotopic (exact) mass is 361 g/mol. The van der Waals surface area contributed by atoms with E-state index in [9.17, 15) is 4.21 Å². The zero-order valence-electron chi connectivity index (χ0n) is 11.8. The molecular formula is C14H20BrNO3S. The smallest absolute Gasteiger partial charge is 0.175 e. The first kappa shape index (κ1) is 15.8. The highest BCUT2D eigenvalue weighted by molar-refractivity contribution is 9.10. The zero-order valence-corrected chi connectivity index (χ0v) is 14.2. The molecule has 2 rings (SSSR count). The van der Waals surface area contributed by atoms with Gasteiger partial charge in [-0.2, -0.15) is 0 Å². The Morgan fingerprint density at radius 3 is 2.90 bits per heavy atom. The second-order valence-electron chi connectivity index (χ2n) is 4.98. The van der Waals surface area contributed by atoms with Gasteiger partial charge < -0.3 is 14.8 Å². The van der Waals surface area contributed by atoms with Crippen molar-refractivity contribution in [2.24, 2.45) is 0 Å². The zero-order chi connectivity index (χ0) is 14.5. The third kappa shape index (κ3) is 4.46. The quantitative estimate of drug-likeness (QED) is 0.874. The van der Waals surface area contributed by atoms with Crippen molar-refractivity contribution in [3.8, 4) is 11.5 Å². The molecule has 1 aliphatic rings. The van der Waals surface area contributed by atoms with Crippen LogP contribution in [0.4, 0.5) is 0 Å². The maximum atomic E-state index is 11.2. The fourth-order valence-corrected chi connectivity index (χ4v) is 3.52. The highest BCUT2D eigenvalue weighted by atomic mass is 79.9. The van der Waals surface area contributed by atoms with Crippen molar-refractivity contribution in [2.75, 3.05) is 25.2 Å². The minimum Gasteiger partial charge on any atom is -0.490 e. The molecule has 0 saturated heterocycles. The second-order valence-corrected chi connectivity index (χ2v) is 7.31. The van der Waals surface area contributed by atoms with Crippen LogP contribution in [-0.2, 0) is 17.3 Å². The summed E-state index contributed by atoms with van der Waals surface area (Å²) in [5.74, 6) is 2.24. The Bertz CT molecular complexity index is 496. The Morgan fingerprint density at radius 1 is 1.40 bits per heavy atom. The summed E-state index contributed by atoms with van der Waals surface area (Å²) in [5, 5.41) is 3.37. The lowest BCUT2D eigenvalue weighted by Crippen LogP contribution is -2.30.